The van der Waals surface area contributed by atoms with Crippen molar-refractivity contribution < 1.29 is 9.53 Å². The Morgan fingerprint density at radius 1 is 1.17 bits per heavy atom. The average Bonchev–Trinajstić information content (AvgIpc) is 2.39. The van der Waals surface area contributed by atoms with E-state index < -0.39 is 0 Å². The molecule has 0 aromatic heterocycles. The molecular formula is C15H13ClO2. The standard InChI is InChI=1S/C15H13ClO2/c1-18-15-10-12(16)7-8-13(15)14(17)9-11-5-3-2-4-6-11/h2-8,10H,9H2,1H3. The van der Waals surface area contributed by atoms with E-state index in [1.54, 1.807) is 18.2 Å². The topological polar surface area (TPSA) is 26.3 Å². The van der Waals surface area contributed by atoms with Crippen molar-refractivity contribution in [1.82, 2.24) is 0 Å². The minimum Gasteiger partial charge on any atom is -0.496 e. The van der Waals surface area contributed by atoms with Gasteiger partial charge in [-0.05, 0) is 23.8 Å². The van der Waals surface area contributed by atoms with Gasteiger partial charge in [0, 0.05) is 11.4 Å². The molecule has 2 rings (SSSR count). The number of Topliss-reactive ketones (excluding diaryl/α,β-unsaturated/α-hetero) is 1. The third kappa shape index (κ3) is 2.90. The Morgan fingerprint density at radius 2 is 1.89 bits per heavy atom. The highest BCUT2D eigenvalue weighted by Crippen LogP contribution is 2.24. The Balaban J connectivity index is 2.24. The molecule has 0 aliphatic rings. The van der Waals surface area contributed by atoms with Crippen molar-refractivity contribution in [2.45, 2.75) is 6.42 Å². The van der Waals surface area contributed by atoms with Crippen LogP contribution in [0.2, 0.25) is 5.02 Å². The van der Waals surface area contributed by atoms with E-state index in [0.717, 1.165) is 5.56 Å². The molecule has 0 atom stereocenters. The van der Waals surface area contributed by atoms with Crippen molar-refractivity contribution in [3.63, 3.8) is 0 Å². The first-order chi connectivity index (χ1) is 8.70. The van der Waals surface area contributed by atoms with Gasteiger partial charge in [-0.1, -0.05) is 41.9 Å². The minimum atomic E-state index is 0.0229. The third-order valence-electron chi connectivity index (χ3n) is 2.67. The lowest BCUT2D eigenvalue weighted by Crippen LogP contribution is -2.05. The van der Waals surface area contributed by atoms with Gasteiger partial charge in [0.15, 0.2) is 5.78 Å². The SMILES string of the molecule is COc1cc(Cl)ccc1C(=O)Cc1ccccc1. The molecule has 2 aromatic carbocycles. The molecule has 0 unspecified atom stereocenters. The maximum absolute atomic E-state index is 12.2. The Morgan fingerprint density at radius 3 is 2.56 bits per heavy atom. The lowest BCUT2D eigenvalue weighted by atomic mass is 10.0. The van der Waals surface area contributed by atoms with Crippen LogP contribution < -0.4 is 4.74 Å². The van der Waals surface area contributed by atoms with Crippen LogP contribution >= 0.6 is 11.6 Å². The number of carbonyl (C=O) groups is 1. The lowest BCUT2D eigenvalue weighted by Gasteiger charge is -2.08. The predicted octanol–water partition coefficient (Wildman–Crippen LogP) is 3.77. The molecule has 0 amide bonds. The second-order valence-corrected chi connectivity index (χ2v) is 4.37. The monoisotopic (exact) mass is 260 g/mol. The van der Waals surface area contributed by atoms with Gasteiger partial charge in [0.1, 0.15) is 5.75 Å². The van der Waals surface area contributed by atoms with Gasteiger partial charge in [-0.2, -0.15) is 0 Å². The van der Waals surface area contributed by atoms with E-state index in [1.807, 2.05) is 30.3 Å². The highest BCUT2D eigenvalue weighted by Gasteiger charge is 2.13. The number of ketones is 1. The predicted molar refractivity (Wildman–Crippen MR) is 72.5 cm³/mol. The van der Waals surface area contributed by atoms with Crippen LogP contribution in [0.1, 0.15) is 15.9 Å². The summed E-state index contributed by atoms with van der Waals surface area (Å²) in [4.78, 5) is 12.2. The van der Waals surface area contributed by atoms with Gasteiger partial charge in [-0.3, -0.25) is 4.79 Å². The molecule has 92 valence electrons. The zero-order chi connectivity index (χ0) is 13.0. The van der Waals surface area contributed by atoms with Gasteiger partial charge in [-0.15, -0.1) is 0 Å². The van der Waals surface area contributed by atoms with Crippen LogP contribution in [0, 0.1) is 0 Å². The van der Waals surface area contributed by atoms with Crippen molar-refractivity contribution in [3.8, 4) is 5.75 Å². The summed E-state index contributed by atoms with van der Waals surface area (Å²) in [5, 5.41) is 0.558. The molecule has 0 spiro atoms. The molecule has 0 aliphatic carbocycles. The van der Waals surface area contributed by atoms with Gasteiger partial charge in [0.25, 0.3) is 0 Å². The maximum Gasteiger partial charge on any atom is 0.170 e. The first kappa shape index (κ1) is 12.7. The van der Waals surface area contributed by atoms with Crippen LogP contribution in [0.4, 0.5) is 0 Å². The van der Waals surface area contributed by atoms with Gasteiger partial charge >= 0.3 is 0 Å². The fourth-order valence-corrected chi connectivity index (χ4v) is 1.93. The second-order valence-electron chi connectivity index (χ2n) is 3.93. The molecule has 0 heterocycles. The number of benzene rings is 2. The number of hydrogen-bond donors (Lipinski definition) is 0. The van der Waals surface area contributed by atoms with Crippen LogP contribution in [0.15, 0.2) is 48.5 Å². The van der Waals surface area contributed by atoms with Crippen molar-refractivity contribution >= 4 is 17.4 Å². The highest BCUT2D eigenvalue weighted by atomic mass is 35.5. The first-order valence-electron chi connectivity index (χ1n) is 5.61. The lowest BCUT2D eigenvalue weighted by molar-refractivity contribution is 0.0990. The quantitative estimate of drug-likeness (QED) is 0.782. The molecule has 2 nitrogen and oxygen atoms in total. The number of halogens is 1. The highest BCUT2D eigenvalue weighted by molar-refractivity contribution is 6.30. The molecule has 0 bridgehead atoms. The molecule has 0 fully saturated rings. The first-order valence-corrected chi connectivity index (χ1v) is 5.99. The minimum absolute atomic E-state index is 0.0229. The van der Waals surface area contributed by atoms with Gasteiger partial charge in [-0.25, -0.2) is 0 Å². The zero-order valence-corrected chi connectivity index (χ0v) is 10.8. The van der Waals surface area contributed by atoms with Gasteiger partial charge < -0.3 is 4.74 Å². The fourth-order valence-electron chi connectivity index (χ4n) is 1.77. The molecular weight excluding hydrogens is 248 g/mol. The van der Waals surface area contributed by atoms with E-state index in [-0.39, 0.29) is 5.78 Å². The molecule has 0 radical (unpaired) electrons. The van der Waals surface area contributed by atoms with Gasteiger partial charge in [0.2, 0.25) is 0 Å². The smallest absolute Gasteiger partial charge is 0.170 e. The van der Waals surface area contributed by atoms with Crippen LogP contribution in [0.3, 0.4) is 0 Å². The van der Waals surface area contributed by atoms with Crippen LogP contribution in [-0.4, -0.2) is 12.9 Å². The van der Waals surface area contributed by atoms with E-state index in [0.29, 0.717) is 22.8 Å². The van der Waals surface area contributed by atoms with Crippen molar-refractivity contribution in [3.05, 3.63) is 64.7 Å². The summed E-state index contributed by atoms with van der Waals surface area (Å²) >= 11 is 5.87. The number of methoxy groups -OCH3 is 1. The molecule has 0 aliphatic heterocycles. The van der Waals surface area contributed by atoms with E-state index >= 15 is 0 Å². The molecule has 2 aromatic rings. The molecule has 0 saturated heterocycles. The Bertz CT molecular complexity index is 550. The fraction of sp³-hybridized carbons (Fsp3) is 0.133. The van der Waals surface area contributed by atoms with Crippen molar-refractivity contribution in [2.75, 3.05) is 7.11 Å². The summed E-state index contributed by atoms with van der Waals surface area (Å²) in [6.45, 7) is 0. The number of ether oxygens (including phenoxy) is 1. The maximum atomic E-state index is 12.2. The summed E-state index contributed by atoms with van der Waals surface area (Å²) < 4.78 is 5.18. The Hall–Kier alpha value is -1.80. The van der Waals surface area contributed by atoms with Crippen molar-refractivity contribution in [2.24, 2.45) is 0 Å². The summed E-state index contributed by atoms with van der Waals surface area (Å²) in [6, 6.07) is 14.7. The molecule has 0 saturated carbocycles. The van der Waals surface area contributed by atoms with E-state index in [4.69, 9.17) is 16.3 Å². The zero-order valence-electron chi connectivity index (χ0n) is 10.0. The van der Waals surface area contributed by atoms with Gasteiger partial charge in [0.05, 0.1) is 12.7 Å². The number of rotatable bonds is 4. The number of hydrogen-bond acceptors (Lipinski definition) is 2. The molecule has 18 heavy (non-hydrogen) atoms. The summed E-state index contributed by atoms with van der Waals surface area (Å²) in [6.07, 6.45) is 0.360. The van der Waals surface area contributed by atoms with E-state index in [9.17, 15) is 4.79 Å². The summed E-state index contributed by atoms with van der Waals surface area (Å²) in [5.41, 5.74) is 1.55. The Kier molecular flexibility index (Phi) is 4.00. The second kappa shape index (κ2) is 5.69. The Labute approximate surface area is 111 Å². The average molecular weight is 261 g/mol. The van der Waals surface area contributed by atoms with Crippen LogP contribution in [-0.2, 0) is 6.42 Å². The summed E-state index contributed by atoms with van der Waals surface area (Å²) in [7, 11) is 1.53. The van der Waals surface area contributed by atoms with E-state index in [2.05, 4.69) is 0 Å². The summed E-state index contributed by atoms with van der Waals surface area (Å²) in [5.74, 6) is 0.540. The van der Waals surface area contributed by atoms with Crippen LogP contribution in [0.5, 0.6) is 5.75 Å². The van der Waals surface area contributed by atoms with Crippen LogP contribution in [0.25, 0.3) is 0 Å². The normalized spacial score (nSPS) is 10.1. The van der Waals surface area contributed by atoms with Crippen molar-refractivity contribution in [1.29, 1.82) is 0 Å². The molecule has 3 heteroatoms. The third-order valence-corrected chi connectivity index (χ3v) is 2.91. The largest absolute Gasteiger partial charge is 0.496 e. The molecule has 0 N–H and O–H groups in total. The van der Waals surface area contributed by atoms with E-state index in [1.165, 1.54) is 7.11 Å². The number of carbonyl (C=O) groups excluding carboxylic acids is 1.